The predicted molar refractivity (Wildman–Crippen MR) is 129 cm³/mol. The van der Waals surface area contributed by atoms with E-state index in [-0.39, 0.29) is 17.2 Å². The number of nitrogens with one attached hydrogen (secondary N) is 1. The Bertz CT molecular complexity index is 951. The second-order valence-electron chi connectivity index (χ2n) is 11.9. The fraction of sp³-hybridized carbons (Fsp3) is 0.704. The summed E-state index contributed by atoms with van der Waals surface area (Å²) in [5.74, 6) is 1.27. The number of allylic oxidation sites excluding steroid dienone is 2. The Hall–Kier alpha value is -1.62. The summed E-state index contributed by atoms with van der Waals surface area (Å²) in [6.45, 7) is 8.92. The summed E-state index contributed by atoms with van der Waals surface area (Å²) in [5.41, 5.74) is 1.09. The van der Waals surface area contributed by atoms with Crippen molar-refractivity contribution in [3.05, 3.63) is 34.2 Å². The molecule has 6 atom stereocenters. The maximum atomic E-state index is 13.5. The fourth-order valence-electron chi connectivity index (χ4n) is 8.01. The van der Waals surface area contributed by atoms with Gasteiger partial charge >= 0.3 is 0 Å². The van der Waals surface area contributed by atoms with Crippen molar-refractivity contribution in [1.29, 1.82) is 0 Å². The third-order valence-electron chi connectivity index (χ3n) is 9.71. The van der Waals surface area contributed by atoms with Gasteiger partial charge in [-0.2, -0.15) is 0 Å². The first kappa shape index (κ1) is 22.2. The smallest absolute Gasteiger partial charge is 0.239 e. The third-order valence-corrected chi connectivity index (χ3v) is 10.9. The highest BCUT2D eigenvalue weighted by atomic mass is 32.1. The van der Waals surface area contributed by atoms with Crippen molar-refractivity contribution in [1.82, 2.24) is 10.2 Å². The molecule has 4 aliphatic rings. The van der Waals surface area contributed by atoms with Crippen LogP contribution < -0.4 is 5.32 Å². The molecule has 3 aliphatic carbocycles. The second kappa shape index (κ2) is 7.44. The average Bonchev–Trinajstić information content (AvgIpc) is 3.40. The number of piperidine rings is 1. The monoisotopic (exact) mass is 454 g/mol. The van der Waals surface area contributed by atoms with Crippen LogP contribution >= 0.6 is 11.3 Å². The van der Waals surface area contributed by atoms with Crippen LogP contribution in [-0.4, -0.2) is 23.8 Å². The Morgan fingerprint density at radius 2 is 2.00 bits per heavy atom. The van der Waals surface area contributed by atoms with Crippen LogP contribution in [0.1, 0.15) is 77.5 Å². The van der Waals surface area contributed by atoms with Crippen LogP contribution in [0.2, 0.25) is 0 Å². The number of rotatable bonds is 3. The molecule has 0 bridgehead atoms. The molecule has 1 saturated heterocycles. The zero-order valence-electron chi connectivity index (χ0n) is 20.2. The fourth-order valence-corrected chi connectivity index (χ4v) is 8.81. The van der Waals surface area contributed by atoms with Gasteiger partial charge in [0.1, 0.15) is 5.92 Å². The van der Waals surface area contributed by atoms with Crippen LogP contribution in [0.4, 0.5) is 0 Å². The molecule has 1 aliphatic heterocycles. The number of likely N-dealkylation sites (tertiary alicyclic amines) is 1. The Morgan fingerprint density at radius 1 is 1.22 bits per heavy atom. The highest BCUT2D eigenvalue weighted by Gasteiger charge is 2.59. The van der Waals surface area contributed by atoms with Crippen LogP contribution in [-0.2, 0) is 15.1 Å². The van der Waals surface area contributed by atoms with Gasteiger partial charge in [0.25, 0.3) is 0 Å². The van der Waals surface area contributed by atoms with E-state index in [4.69, 9.17) is 0 Å². The molecule has 0 aromatic carbocycles. The summed E-state index contributed by atoms with van der Waals surface area (Å²) in [7, 11) is 1.89. The minimum Gasteiger partial charge on any atom is -0.346 e. The highest BCUT2D eigenvalue weighted by molar-refractivity contribution is 7.10. The Kier molecular flexibility index (Phi) is 5.16. The van der Waals surface area contributed by atoms with Gasteiger partial charge in [-0.25, -0.2) is 0 Å². The van der Waals surface area contributed by atoms with Crippen LogP contribution in [0.3, 0.4) is 0 Å². The molecule has 4 nitrogen and oxygen atoms in total. The van der Waals surface area contributed by atoms with Crippen molar-refractivity contribution in [2.45, 2.75) is 78.2 Å². The van der Waals surface area contributed by atoms with Crippen molar-refractivity contribution >= 4 is 23.2 Å². The van der Waals surface area contributed by atoms with E-state index in [1.807, 2.05) is 43.3 Å². The van der Waals surface area contributed by atoms with Crippen LogP contribution in [0.25, 0.3) is 0 Å². The molecule has 1 unspecified atom stereocenters. The third kappa shape index (κ3) is 3.21. The van der Waals surface area contributed by atoms with Crippen molar-refractivity contribution in [2.24, 2.45) is 34.5 Å². The molecular formula is C27H38N2O2S. The molecule has 32 heavy (non-hydrogen) atoms. The number of hydrogen-bond donors (Lipinski definition) is 1. The Balaban J connectivity index is 1.43. The Labute approximate surface area is 196 Å². The number of hydrogen-bond acceptors (Lipinski definition) is 3. The lowest BCUT2D eigenvalue weighted by Crippen LogP contribution is -2.58. The van der Waals surface area contributed by atoms with E-state index in [1.165, 1.54) is 37.8 Å². The molecule has 5 heteroatoms. The SMILES string of the molecule is CN1C(=O)C(C(=O)NC(C)(C)c2cccs2)C[C@@]2(C)C1=CC[C@@H]1[C@H]2CC[C@]2(C)CCC[C@@H]12. The normalized spacial score (nSPS) is 39.1. The molecule has 2 heterocycles. The lowest BCUT2D eigenvalue weighted by Gasteiger charge is -2.58. The molecule has 1 aromatic rings. The minimum absolute atomic E-state index is 0.0480. The minimum atomic E-state index is -0.614. The molecule has 0 radical (unpaired) electrons. The summed E-state index contributed by atoms with van der Waals surface area (Å²) in [4.78, 5) is 29.8. The average molecular weight is 455 g/mol. The van der Waals surface area contributed by atoms with E-state index in [0.717, 1.165) is 17.2 Å². The number of fused-ring (bicyclic) bond motifs is 5. The van der Waals surface area contributed by atoms with Gasteiger partial charge in [0.05, 0.1) is 5.54 Å². The first-order valence-electron chi connectivity index (χ1n) is 12.4. The van der Waals surface area contributed by atoms with Crippen molar-refractivity contribution in [2.75, 3.05) is 7.05 Å². The molecular weight excluding hydrogens is 416 g/mol. The summed E-state index contributed by atoms with van der Waals surface area (Å²) in [5, 5.41) is 5.24. The topological polar surface area (TPSA) is 49.4 Å². The number of amides is 2. The van der Waals surface area contributed by atoms with Crippen molar-refractivity contribution in [3.8, 4) is 0 Å². The lowest BCUT2D eigenvalue weighted by atomic mass is 9.49. The van der Waals surface area contributed by atoms with Crippen LogP contribution in [0.5, 0.6) is 0 Å². The summed E-state index contributed by atoms with van der Waals surface area (Å²) >= 11 is 1.64. The maximum absolute atomic E-state index is 13.5. The molecule has 1 aromatic heterocycles. The molecule has 2 amide bonds. The van der Waals surface area contributed by atoms with Crippen LogP contribution in [0.15, 0.2) is 29.3 Å². The first-order valence-corrected chi connectivity index (χ1v) is 13.3. The number of nitrogens with zero attached hydrogens (tertiary/aromatic N) is 1. The van der Waals surface area contributed by atoms with Gasteiger partial charge in [0.15, 0.2) is 0 Å². The lowest BCUT2D eigenvalue weighted by molar-refractivity contribution is -0.149. The number of carbonyl (C=O) groups excluding carboxylic acids is 2. The van der Waals surface area contributed by atoms with Crippen molar-refractivity contribution < 1.29 is 9.59 Å². The zero-order chi connectivity index (χ0) is 22.9. The van der Waals surface area contributed by atoms with E-state index in [1.54, 1.807) is 11.3 Å². The van der Waals surface area contributed by atoms with E-state index in [2.05, 4.69) is 25.2 Å². The van der Waals surface area contributed by atoms with Gasteiger partial charge < -0.3 is 10.2 Å². The van der Waals surface area contributed by atoms with Gasteiger partial charge in [0, 0.05) is 23.0 Å². The van der Waals surface area contributed by atoms with Gasteiger partial charge in [-0.3, -0.25) is 9.59 Å². The number of carbonyl (C=O) groups is 2. The number of thiophene rings is 1. The molecule has 5 rings (SSSR count). The quantitative estimate of drug-likeness (QED) is 0.595. The van der Waals surface area contributed by atoms with Crippen LogP contribution in [0, 0.1) is 34.5 Å². The maximum Gasteiger partial charge on any atom is 0.239 e. The zero-order valence-corrected chi connectivity index (χ0v) is 21.1. The standard InChI is InChI=1S/C27H38N2O2S/c1-25(2,22-9-7-15-32-22)28-23(30)18-16-27(4)20-12-14-26(3)13-6-8-19(26)17(20)10-11-21(27)29(5)24(18)31/h7,9,11,15,17-20H,6,8,10,12-14,16H2,1-5H3,(H,28,30)/t17-,18?,19-,20+,26-,27+/m0/s1. The summed E-state index contributed by atoms with van der Waals surface area (Å²) < 4.78 is 0. The predicted octanol–water partition coefficient (Wildman–Crippen LogP) is 5.70. The van der Waals surface area contributed by atoms with E-state index < -0.39 is 11.5 Å². The highest BCUT2D eigenvalue weighted by Crippen LogP contribution is 2.64. The Morgan fingerprint density at radius 3 is 2.72 bits per heavy atom. The molecule has 1 N–H and O–H groups in total. The molecule has 0 spiro atoms. The van der Waals surface area contributed by atoms with Gasteiger partial charge in [-0.05, 0) is 87.0 Å². The first-order chi connectivity index (χ1) is 15.1. The van der Waals surface area contributed by atoms with Gasteiger partial charge in [0.2, 0.25) is 11.8 Å². The van der Waals surface area contributed by atoms with E-state index >= 15 is 0 Å². The van der Waals surface area contributed by atoms with Gasteiger partial charge in [-0.1, -0.05) is 32.4 Å². The summed E-state index contributed by atoms with van der Waals surface area (Å²) in [6.07, 6.45) is 10.7. The van der Waals surface area contributed by atoms with E-state index in [0.29, 0.717) is 23.7 Å². The summed E-state index contributed by atoms with van der Waals surface area (Å²) in [6, 6.07) is 4.06. The van der Waals surface area contributed by atoms with Gasteiger partial charge in [-0.15, -0.1) is 11.3 Å². The van der Waals surface area contributed by atoms with E-state index in [9.17, 15) is 9.59 Å². The largest absolute Gasteiger partial charge is 0.346 e. The second-order valence-corrected chi connectivity index (χ2v) is 12.9. The molecule has 174 valence electrons. The molecule has 3 fully saturated rings. The molecule has 2 saturated carbocycles. The van der Waals surface area contributed by atoms with Crippen molar-refractivity contribution in [3.63, 3.8) is 0 Å².